The molecule has 0 bridgehead atoms. The molecule has 4 heteroatoms. The van der Waals surface area contributed by atoms with Crippen molar-refractivity contribution in [3.8, 4) is 0 Å². The topological polar surface area (TPSA) is 54.9 Å². The summed E-state index contributed by atoms with van der Waals surface area (Å²) in [6.45, 7) is 7.63. The van der Waals surface area contributed by atoms with Gasteiger partial charge in [-0.25, -0.2) is 9.97 Å². The van der Waals surface area contributed by atoms with Gasteiger partial charge in [-0.2, -0.15) is 0 Å². The van der Waals surface area contributed by atoms with Gasteiger partial charge in [0.1, 0.15) is 6.33 Å². The average Bonchev–Trinajstić information content (AvgIpc) is 2.24. The quantitative estimate of drug-likeness (QED) is 0.786. The van der Waals surface area contributed by atoms with Gasteiger partial charge >= 0.3 is 0 Å². The highest BCUT2D eigenvalue weighted by atomic mass is 16.1. The lowest BCUT2D eigenvalue weighted by molar-refractivity contribution is -0.115. The minimum Gasteiger partial charge on any atom is -0.323 e. The van der Waals surface area contributed by atoms with Crippen LogP contribution in [-0.2, 0) is 4.79 Å². The maximum atomic E-state index is 11.0. The van der Waals surface area contributed by atoms with Crippen molar-refractivity contribution in [2.45, 2.75) is 34.1 Å². The Morgan fingerprint density at radius 1 is 1.50 bits per heavy atom. The van der Waals surface area contributed by atoms with Gasteiger partial charge < -0.3 is 5.32 Å². The molecule has 1 N–H and O–H groups in total. The molecule has 0 aliphatic rings. The number of amides is 1. The lowest BCUT2D eigenvalue weighted by Gasteiger charge is -2.03. The molecule has 0 aliphatic heterocycles. The van der Waals surface area contributed by atoms with Crippen LogP contribution in [0.5, 0.6) is 0 Å². The highest BCUT2D eigenvalue weighted by molar-refractivity contribution is 5.90. The van der Waals surface area contributed by atoms with Gasteiger partial charge in [0.15, 0.2) is 0 Å². The van der Waals surface area contributed by atoms with Crippen molar-refractivity contribution < 1.29 is 4.79 Å². The Morgan fingerprint density at radius 3 is 2.64 bits per heavy atom. The summed E-state index contributed by atoms with van der Waals surface area (Å²) in [5.41, 5.74) is 1.47. The normalized spacial score (nSPS) is 8.57. The van der Waals surface area contributed by atoms with Crippen LogP contribution in [0.1, 0.15) is 32.9 Å². The number of anilines is 1. The Hall–Kier alpha value is -1.45. The largest absolute Gasteiger partial charge is 0.323 e. The number of aromatic nitrogens is 2. The number of nitrogens with one attached hydrogen (secondary N) is 1. The summed E-state index contributed by atoms with van der Waals surface area (Å²) in [6, 6.07) is 0. The summed E-state index contributed by atoms with van der Waals surface area (Å²) in [5.74, 6) is -0.0205. The first-order valence-electron chi connectivity index (χ1n) is 4.80. The van der Waals surface area contributed by atoms with E-state index in [2.05, 4.69) is 15.3 Å². The van der Waals surface area contributed by atoms with Gasteiger partial charge in [0.2, 0.25) is 5.91 Å². The predicted octanol–water partition coefficient (Wildman–Crippen LogP) is 2.16. The molecule has 1 heterocycles. The summed E-state index contributed by atoms with van der Waals surface area (Å²) < 4.78 is 0. The fourth-order valence-electron chi connectivity index (χ4n) is 0.752. The third-order valence-electron chi connectivity index (χ3n) is 1.51. The maximum Gasteiger partial charge on any atom is 0.224 e. The van der Waals surface area contributed by atoms with Crippen LogP contribution in [0.3, 0.4) is 0 Å². The Balaban J connectivity index is 0.000000791. The van der Waals surface area contributed by atoms with Crippen LogP contribution in [0.15, 0.2) is 12.5 Å². The van der Waals surface area contributed by atoms with Crippen LogP contribution in [0.4, 0.5) is 5.69 Å². The van der Waals surface area contributed by atoms with Crippen LogP contribution in [0.2, 0.25) is 0 Å². The van der Waals surface area contributed by atoms with Crippen molar-refractivity contribution in [2.24, 2.45) is 0 Å². The fraction of sp³-hybridized carbons (Fsp3) is 0.500. The standard InChI is InChI=1S/C8H11N3O.C2H6/c1-3-8(12)11-7-4-9-5-10-6(7)2;1-2/h4-5H,3H2,1-2H3,(H,11,12);1-2H3. The molecule has 0 saturated heterocycles. The minimum atomic E-state index is -0.0205. The Labute approximate surface area is 84.8 Å². The van der Waals surface area contributed by atoms with Crippen LogP contribution in [0.25, 0.3) is 0 Å². The smallest absolute Gasteiger partial charge is 0.224 e. The molecular formula is C10H17N3O. The Bertz CT molecular complexity index is 286. The highest BCUT2D eigenvalue weighted by Crippen LogP contribution is 2.08. The van der Waals surface area contributed by atoms with Crippen molar-refractivity contribution in [3.05, 3.63) is 18.2 Å². The van der Waals surface area contributed by atoms with Crippen molar-refractivity contribution in [3.63, 3.8) is 0 Å². The van der Waals surface area contributed by atoms with Gasteiger partial charge in [0.25, 0.3) is 0 Å². The van der Waals surface area contributed by atoms with E-state index in [4.69, 9.17) is 0 Å². The van der Waals surface area contributed by atoms with Gasteiger partial charge in [-0.15, -0.1) is 0 Å². The summed E-state index contributed by atoms with van der Waals surface area (Å²) in [5, 5.41) is 2.70. The van der Waals surface area contributed by atoms with Crippen LogP contribution in [0, 0.1) is 6.92 Å². The van der Waals surface area contributed by atoms with E-state index in [1.165, 1.54) is 6.33 Å². The van der Waals surface area contributed by atoms with E-state index in [9.17, 15) is 4.79 Å². The second-order valence-electron chi connectivity index (χ2n) is 2.42. The molecule has 0 atom stereocenters. The number of carbonyl (C=O) groups is 1. The molecule has 4 nitrogen and oxygen atoms in total. The number of aryl methyl sites for hydroxylation is 1. The zero-order valence-corrected chi connectivity index (χ0v) is 9.16. The van der Waals surface area contributed by atoms with Crippen LogP contribution < -0.4 is 5.32 Å². The second-order valence-corrected chi connectivity index (χ2v) is 2.42. The number of hydrogen-bond donors (Lipinski definition) is 1. The van der Waals surface area contributed by atoms with Gasteiger partial charge in [-0.1, -0.05) is 20.8 Å². The first kappa shape index (κ1) is 12.6. The first-order valence-corrected chi connectivity index (χ1v) is 4.80. The Kier molecular flexibility index (Phi) is 6.28. The van der Waals surface area contributed by atoms with Crippen molar-refractivity contribution in [1.82, 2.24) is 9.97 Å². The summed E-state index contributed by atoms with van der Waals surface area (Å²) >= 11 is 0. The van der Waals surface area contributed by atoms with Gasteiger partial charge in [0.05, 0.1) is 17.6 Å². The summed E-state index contributed by atoms with van der Waals surface area (Å²) in [7, 11) is 0. The van der Waals surface area contributed by atoms with E-state index in [1.54, 1.807) is 13.1 Å². The SMILES string of the molecule is CC.CCC(=O)Nc1cncnc1C. The van der Waals surface area contributed by atoms with E-state index in [-0.39, 0.29) is 5.91 Å². The maximum absolute atomic E-state index is 11.0. The van der Waals surface area contributed by atoms with E-state index < -0.39 is 0 Å². The molecule has 0 fully saturated rings. The predicted molar refractivity (Wildman–Crippen MR) is 57.0 cm³/mol. The van der Waals surface area contributed by atoms with Crippen molar-refractivity contribution >= 4 is 11.6 Å². The number of hydrogen-bond acceptors (Lipinski definition) is 3. The Morgan fingerprint density at radius 2 is 2.14 bits per heavy atom. The fourth-order valence-corrected chi connectivity index (χ4v) is 0.752. The molecule has 1 rings (SSSR count). The molecule has 0 spiro atoms. The summed E-state index contributed by atoms with van der Waals surface area (Å²) in [6.07, 6.45) is 3.52. The van der Waals surface area contributed by atoms with Crippen LogP contribution >= 0.6 is 0 Å². The third kappa shape index (κ3) is 3.98. The van der Waals surface area contributed by atoms with Gasteiger partial charge in [-0.3, -0.25) is 4.79 Å². The van der Waals surface area contributed by atoms with Crippen LogP contribution in [-0.4, -0.2) is 15.9 Å². The van der Waals surface area contributed by atoms with E-state index in [1.807, 2.05) is 20.8 Å². The molecule has 0 unspecified atom stereocenters. The minimum absolute atomic E-state index is 0.0205. The monoisotopic (exact) mass is 195 g/mol. The highest BCUT2D eigenvalue weighted by Gasteiger charge is 2.01. The van der Waals surface area contributed by atoms with E-state index in [0.29, 0.717) is 12.1 Å². The second kappa shape index (κ2) is 7.00. The van der Waals surface area contributed by atoms with Gasteiger partial charge in [0, 0.05) is 6.42 Å². The molecule has 14 heavy (non-hydrogen) atoms. The molecule has 0 aromatic carbocycles. The molecule has 1 aromatic rings. The molecule has 1 amide bonds. The first-order chi connectivity index (χ1) is 6.74. The number of nitrogens with zero attached hydrogens (tertiary/aromatic N) is 2. The number of rotatable bonds is 2. The molecule has 1 aromatic heterocycles. The van der Waals surface area contributed by atoms with E-state index >= 15 is 0 Å². The zero-order valence-electron chi connectivity index (χ0n) is 9.16. The van der Waals surface area contributed by atoms with E-state index in [0.717, 1.165) is 5.69 Å². The number of carbonyl (C=O) groups excluding carboxylic acids is 1. The molecule has 0 aliphatic carbocycles. The lowest BCUT2D eigenvalue weighted by atomic mass is 10.3. The van der Waals surface area contributed by atoms with Crippen molar-refractivity contribution in [1.29, 1.82) is 0 Å². The molecule has 0 saturated carbocycles. The zero-order chi connectivity index (χ0) is 11.0. The molecule has 0 radical (unpaired) electrons. The average molecular weight is 195 g/mol. The lowest BCUT2D eigenvalue weighted by Crippen LogP contribution is -2.11. The molecule has 78 valence electrons. The van der Waals surface area contributed by atoms with Gasteiger partial charge in [-0.05, 0) is 6.92 Å². The van der Waals surface area contributed by atoms with Crippen molar-refractivity contribution in [2.75, 3.05) is 5.32 Å². The summed E-state index contributed by atoms with van der Waals surface area (Å²) in [4.78, 5) is 18.7. The molecular weight excluding hydrogens is 178 g/mol. The third-order valence-corrected chi connectivity index (χ3v) is 1.51.